The van der Waals surface area contributed by atoms with Crippen LogP contribution in [-0.4, -0.2) is 24.9 Å². The molecule has 0 aliphatic carbocycles. The summed E-state index contributed by atoms with van der Waals surface area (Å²) in [6, 6.07) is 0. The second kappa shape index (κ2) is 6.80. The molecule has 0 aliphatic heterocycles. The van der Waals surface area contributed by atoms with Gasteiger partial charge in [0.2, 0.25) is 0 Å². The lowest BCUT2D eigenvalue weighted by Gasteiger charge is -2.05. The highest BCUT2D eigenvalue weighted by Crippen LogP contribution is 2.22. The molecular weight excluding hydrogens is 288 g/mol. The molecule has 0 atom stereocenters. The highest BCUT2D eigenvalue weighted by Gasteiger charge is 2.16. The number of rotatable bonds is 7. The molecule has 6 nitrogen and oxygen atoms in total. The molecule has 2 aromatic heterocycles. The molecule has 114 valence electrons. The van der Waals surface area contributed by atoms with E-state index in [2.05, 4.69) is 23.5 Å². The van der Waals surface area contributed by atoms with E-state index < -0.39 is 11.2 Å². The molecule has 2 aromatic rings. The molecule has 1 N–H and O–H groups in total. The van der Waals surface area contributed by atoms with E-state index in [0.29, 0.717) is 17.7 Å². The van der Waals surface area contributed by atoms with Crippen LogP contribution >= 0.6 is 11.8 Å². The van der Waals surface area contributed by atoms with Crippen LogP contribution in [0.15, 0.2) is 27.4 Å². The Labute approximate surface area is 126 Å². The fourth-order valence-electron chi connectivity index (χ4n) is 2.14. The summed E-state index contributed by atoms with van der Waals surface area (Å²) in [5, 5.41) is 0.757. The van der Waals surface area contributed by atoms with Crippen molar-refractivity contribution in [1.29, 1.82) is 0 Å². The summed E-state index contributed by atoms with van der Waals surface area (Å²) in [7, 11) is 1.61. The zero-order chi connectivity index (χ0) is 15.4. The maximum absolute atomic E-state index is 12.1. The minimum Gasteiger partial charge on any atom is -0.309 e. The highest BCUT2D eigenvalue weighted by atomic mass is 32.2. The van der Waals surface area contributed by atoms with Crippen molar-refractivity contribution in [3.63, 3.8) is 0 Å². The monoisotopic (exact) mass is 308 g/mol. The van der Waals surface area contributed by atoms with Gasteiger partial charge in [0.25, 0.3) is 5.56 Å². The lowest BCUT2D eigenvalue weighted by Crippen LogP contribution is -2.29. The lowest BCUT2D eigenvalue weighted by molar-refractivity contribution is 0.739. The number of hydrogen-bond donors (Lipinski definition) is 1. The summed E-state index contributed by atoms with van der Waals surface area (Å²) in [5.74, 6) is 0.945. The largest absolute Gasteiger partial charge is 0.329 e. The van der Waals surface area contributed by atoms with E-state index in [1.54, 1.807) is 24.9 Å². The summed E-state index contributed by atoms with van der Waals surface area (Å²) >= 11 is 1.61. The Kier molecular flexibility index (Phi) is 5.06. The zero-order valence-corrected chi connectivity index (χ0v) is 13.2. The Morgan fingerprint density at radius 3 is 2.81 bits per heavy atom. The van der Waals surface area contributed by atoms with Crippen LogP contribution in [0.1, 0.15) is 26.2 Å². The molecule has 0 radical (unpaired) electrons. The van der Waals surface area contributed by atoms with Crippen LogP contribution in [-0.2, 0) is 13.6 Å². The standard InChI is InChI=1S/C14H20N4O2S/c1-4-6-7-9-21-14-15-11-10(18(14)8-5-2)12(19)16-13(20)17(11)3/h5H,2,4,6-9H2,1,3H3,(H,16,19,20). The third-order valence-electron chi connectivity index (χ3n) is 3.26. The van der Waals surface area contributed by atoms with Gasteiger partial charge in [0.15, 0.2) is 16.3 Å². The number of aromatic nitrogens is 4. The zero-order valence-electron chi connectivity index (χ0n) is 12.4. The van der Waals surface area contributed by atoms with Gasteiger partial charge >= 0.3 is 5.69 Å². The molecule has 2 heterocycles. The molecule has 2 rings (SSSR count). The molecule has 0 amide bonds. The first kappa shape index (κ1) is 15.6. The van der Waals surface area contributed by atoms with E-state index in [1.807, 2.05) is 4.57 Å². The van der Waals surface area contributed by atoms with Crippen molar-refractivity contribution in [2.45, 2.75) is 37.9 Å². The number of hydrogen-bond acceptors (Lipinski definition) is 4. The second-order valence-corrected chi connectivity index (χ2v) is 5.90. The van der Waals surface area contributed by atoms with Gasteiger partial charge in [-0.25, -0.2) is 9.78 Å². The van der Waals surface area contributed by atoms with E-state index >= 15 is 0 Å². The lowest BCUT2D eigenvalue weighted by atomic mass is 10.3. The first-order valence-corrected chi connectivity index (χ1v) is 8.02. The van der Waals surface area contributed by atoms with Gasteiger partial charge in [-0.05, 0) is 6.42 Å². The number of fused-ring (bicyclic) bond motifs is 1. The van der Waals surface area contributed by atoms with Crippen molar-refractivity contribution in [3.8, 4) is 0 Å². The number of aryl methyl sites for hydroxylation is 1. The third-order valence-corrected chi connectivity index (χ3v) is 4.33. The Bertz CT molecular complexity index is 757. The van der Waals surface area contributed by atoms with Crippen molar-refractivity contribution in [2.75, 3.05) is 5.75 Å². The predicted molar refractivity (Wildman–Crippen MR) is 86.0 cm³/mol. The summed E-state index contributed by atoms with van der Waals surface area (Å²) in [5.41, 5.74) is -0.000253. The van der Waals surface area contributed by atoms with Gasteiger partial charge in [-0.15, -0.1) is 6.58 Å². The number of imidazole rings is 1. The molecule has 0 unspecified atom stereocenters. The van der Waals surface area contributed by atoms with Crippen LogP contribution in [0.5, 0.6) is 0 Å². The van der Waals surface area contributed by atoms with Gasteiger partial charge < -0.3 is 4.57 Å². The Hall–Kier alpha value is -1.76. The van der Waals surface area contributed by atoms with E-state index in [1.165, 1.54) is 11.0 Å². The first-order chi connectivity index (χ1) is 10.1. The third kappa shape index (κ3) is 3.12. The molecule has 0 spiro atoms. The molecule has 0 saturated carbocycles. The van der Waals surface area contributed by atoms with Gasteiger partial charge in [-0.2, -0.15) is 0 Å². The van der Waals surface area contributed by atoms with Gasteiger partial charge in [0.05, 0.1) is 0 Å². The maximum atomic E-state index is 12.1. The van der Waals surface area contributed by atoms with Crippen molar-refractivity contribution in [1.82, 2.24) is 19.1 Å². The quantitative estimate of drug-likeness (QED) is 0.481. The van der Waals surface area contributed by atoms with Gasteiger partial charge in [-0.3, -0.25) is 14.3 Å². The molecular formula is C14H20N4O2S. The number of H-pyrrole nitrogens is 1. The molecule has 0 aliphatic rings. The van der Waals surface area contributed by atoms with Gasteiger partial charge in [-0.1, -0.05) is 37.6 Å². The molecule has 7 heteroatoms. The summed E-state index contributed by atoms with van der Waals surface area (Å²) in [6.07, 6.45) is 5.17. The number of aromatic amines is 1. The average Bonchev–Trinajstić information content (AvgIpc) is 2.81. The molecule has 0 bridgehead atoms. The summed E-state index contributed by atoms with van der Waals surface area (Å²) in [6.45, 7) is 6.38. The Morgan fingerprint density at radius 1 is 1.38 bits per heavy atom. The van der Waals surface area contributed by atoms with Crippen molar-refractivity contribution in [3.05, 3.63) is 33.5 Å². The number of nitrogens with one attached hydrogen (secondary N) is 1. The number of thioether (sulfide) groups is 1. The maximum Gasteiger partial charge on any atom is 0.329 e. The molecule has 0 saturated heterocycles. The molecule has 21 heavy (non-hydrogen) atoms. The number of unbranched alkanes of at least 4 members (excludes halogenated alkanes) is 2. The first-order valence-electron chi connectivity index (χ1n) is 7.03. The normalized spacial score (nSPS) is 11.1. The number of nitrogens with zero attached hydrogens (tertiary/aromatic N) is 3. The van der Waals surface area contributed by atoms with Crippen molar-refractivity contribution in [2.24, 2.45) is 7.05 Å². The highest BCUT2D eigenvalue weighted by molar-refractivity contribution is 7.99. The fraction of sp³-hybridized carbons (Fsp3) is 0.500. The van der Waals surface area contributed by atoms with E-state index in [-0.39, 0.29) is 0 Å². The minimum atomic E-state index is -0.446. The summed E-state index contributed by atoms with van der Waals surface area (Å²) in [4.78, 5) is 30.5. The SMILES string of the molecule is C=CCn1c(SCCCCC)nc2c1c(=O)[nH]c(=O)n2C. The minimum absolute atomic E-state index is 0.400. The van der Waals surface area contributed by atoms with Crippen LogP contribution in [0.25, 0.3) is 11.2 Å². The van der Waals surface area contributed by atoms with E-state index in [4.69, 9.17) is 0 Å². The van der Waals surface area contributed by atoms with E-state index in [9.17, 15) is 9.59 Å². The van der Waals surface area contributed by atoms with Crippen molar-refractivity contribution >= 4 is 22.9 Å². The van der Waals surface area contributed by atoms with Crippen molar-refractivity contribution < 1.29 is 0 Å². The second-order valence-electron chi connectivity index (χ2n) is 4.84. The predicted octanol–water partition coefficient (Wildman–Crippen LogP) is 1.89. The van der Waals surface area contributed by atoms with Crippen LogP contribution in [0.3, 0.4) is 0 Å². The van der Waals surface area contributed by atoms with Crippen LogP contribution in [0.4, 0.5) is 0 Å². The summed E-state index contributed by atoms with van der Waals surface area (Å²) < 4.78 is 3.18. The van der Waals surface area contributed by atoms with Crippen LogP contribution < -0.4 is 11.2 Å². The number of allylic oxidation sites excluding steroid dienone is 1. The molecule has 0 fully saturated rings. The Morgan fingerprint density at radius 2 is 2.14 bits per heavy atom. The van der Waals surface area contributed by atoms with Crippen LogP contribution in [0, 0.1) is 0 Å². The Balaban J connectivity index is 2.49. The topological polar surface area (TPSA) is 72.7 Å². The van der Waals surface area contributed by atoms with Gasteiger partial charge in [0, 0.05) is 19.3 Å². The van der Waals surface area contributed by atoms with Crippen LogP contribution in [0.2, 0.25) is 0 Å². The molecule has 0 aromatic carbocycles. The average molecular weight is 308 g/mol. The smallest absolute Gasteiger partial charge is 0.309 e. The fourth-order valence-corrected chi connectivity index (χ4v) is 3.14. The van der Waals surface area contributed by atoms with E-state index in [0.717, 1.165) is 23.8 Å². The van der Waals surface area contributed by atoms with Gasteiger partial charge in [0.1, 0.15) is 0 Å².